The van der Waals surface area contributed by atoms with Crippen molar-refractivity contribution in [2.45, 2.75) is 6.04 Å². The summed E-state index contributed by atoms with van der Waals surface area (Å²) in [5.41, 5.74) is 3.94. The van der Waals surface area contributed by atoms with E-state index in [1.807, 2.05) is 60.8 Å². The molecule has 2 heterocycles. The third kappa shape index (κ3) is 3.87. The van der Waals surface area contributed by atoms with Crippen molar-refractivity contribution in [3.63, 3.8) is 0 Å². The number of benzene rings is 3. The summed E-state index contributed by atoms with van der Waals surface area (Å²) in [6.45, 7) is 3.34. The molecular weight excluding hydrogens is 398 g/mol. The Hall–Kier alpha value is -3.57. The quantitative estimate of drug-likeness (QED) is 0.446. The van der Waals surface area contributed by atoms with Gasteiger partial charge in [0.25, 0.3) is 0 Å². The van der Waals surface area contributed by atoms with E-state index in [2.05, 4.69) is 39.0 Å². The van der Waals surface area contributed by atoms with Crippen molar-refractivity contribution < 1.29 is 9.53 Å². The lowest BCUT2D eigenvalue weighted by Crippen LogP contribution is -2.49. The third-order valence-corrected chi connectivity index (χ3v) is 6.32. The lowest BCUT2D eigenvalue weighted by atomic mass is 9.95. The molecule has 1 aromatic heterocycles. The predicted molar refractivity (Wildman–Crippen MR) is 129 cm³/mol. The average molecular weight is 426 g/mol. The Balaban J connectivity index is 1.42. The lowest BCUT2D eigenvalue weighted by Gasteiger charge is -2.40. The van der Waals surface area contributed by atoms with E-state index in [1.165, 1.54) is 0 Å². The summed E-state index contributed by atoms with van der Waals surface area (Å²) >= 11 is 0. The van der Waals surface area contributed by atoms with Gasteiger partial charge in [0.1, 0.15) is 5.75 Å². The smallest absolute Gasteiger partial charge is 0.186 e. The fourth-order valence-electron chi connectivity index (χ4n) is 4.63. The minimum atomic E-state index is -0.303. The summed E-state index contributed by atoms with van der Waals surface area (Å²) in [6.07, 6.45) is 1.86. The first-order valence-corrected chi connectivity index (χ1v) is 11.0. The van der Waals surface area contributed by atoms with Crippen LogP contribution in [0.3, 0.4) is 0 Å². The van der Waals surface area contributed by atoms with Gasteiger partial charge < -0.3 is 14.6 Å². The van der Waals surface area contributed by atoms with E-state index < -0.39 is 0 Å². The standard InChI is InChI=1S/C27H27N3O2/c1-32-22-11-7-10-21(18-22)29-14-16-30(17-15-29)26(20-8-3-2-4-9-20)27(31)24-19-28-25-13-6-5-12-23(24)25/h2-13,18-19,26,28H,14-17H2,1H3. The number of nitrogens with zero attached hydrogens (tertiary/aromatic N) is 2. The molecule has 0 aliphatic carbocycles. The normalized spacial score (nSPS) is 15.6. The number of hydrogen-bond donors (Lipinski definition) is 1. The molecule has 1 atom stereocenters. The zero-order valence-corrected chi connectivity index (χ0v) is 18.2. The number of Topliss-reactive ketones (excluding diaryl/α,β-unsaturated/α-hetero) is 1. The Morgan fingerprint density at radius 2 is 1.66 bits per heavy atom. The van der Waals surface area contributed by atoms with E-state index in [-0.39, 0.29) is 11.8 Å². The van der Waals surface area contributed by atoms with Gasteiger partial charge in [0.15, 0.2) is 5.78 Å². The van der Waals surface area contributed by atoms with Gasteiger partial charge in [0.05, 0.1) is 13.2 Å². The van der Waals surface area contributed by atoms with Gasteiger partial charge in [-0.15, -0.1) is 0 Å². The van der Waals surface area contributed by atoms with Crippen molar-refractivity contribution in [2.24, 2.45) is 0 Å². The van der Waals surface area contributed by atoms with Crippen LogP contribution >= 0.6 is 0 Å². The van der Waals surface area contributed by atoms with Gasteiger partial charge in [-0.25, -0.2) is 0 Å². The molecule has 0 amide bonds. The molecule has 1 N–H and O–H groups in total. The fraction of sp³-hybridized carbons (Fsp3) is 0.222. The fourth-order valence-corrected chi connectivity index (χ4v) is 4.63. The molecule has 0 bridgehead atoms. The summed E-state index contributed by atoms with van der Waals surface area (Å²) in [7, 11) is 1.69. The van der Waals surface area contributed by atoms with Gasteiger partial charge in [-0.2, -0.15) is 0 Å². The highest BCUT2D eigenvalue weighted by atomic mass is 16.5. The van der Waals surface area contributed by atoms with E-state index in [0.29, 0.717) is 0 Å². The Bertz CT molecular complexity index is 1210. The summed E-state index contributed by atoms with van der Waals surface area (Å²) < 4.78 is 5.39. The Labute approximate surface area is 188 Å². The second-order valence-corrected chi connectivity index (χ2v) is 8.15. The molecule has 3 aromatic carbocycles. The van der Waals surface area contributed by atoms with Crippen LogP contribution in [0.1, 0.15) is 22.0 Å². The van der Waals surface area contributed by atoms with Crippen molar-refractivity contribution >= 4 is 22.4 Å². The van der Waals surface area contributed by atoms with Gasteiger partial charge in [0, 0.05) is 60.6 Å². The summed E-state index contributed by atoms with van der Waals surface area (Å²) in [4.78, 5) is 21.8. The number of aromatic nitrogens is 1. The number of ketones is 1. The van der Waals surface area contributed by atoms with Crippen LogP contribution in [0.25, 0.3) is 10.9 Å². The molecule has 5 nitrogen and oxygen atoms in total. The molecule has 5 rings (SSSR count). The zero-order chi connectivity index (χ0) is 21.9. The molecule has 0 spiro atoms. The third-order valence-electron chi connectivity index (χ3n) is 6.32. The van der Waals surface area contributed by atoms with Gasteiger partial charge in [-0.3, -0.25) is 9.69 Å². The minimum Gasteiger partial charge on any atom is -0.497 e. The molecule has 0 saturated carbocycles. The van der Waals surface area contributed by atoms with E-state index in [9.17, 15) is 4.79 Å². The van der Waals surface area contributed by atoms with Crippen LogP contribution in [-0.4, -0.2) is 49.0 Å². The van der Waals surface area contributed by atoms with Crippen LogP contribution in [0.15, 0.2) is 85.1 Å². The molecule has 1 unspecified atom stereocenters. The van der Waals surface area contributed by atoms with E-state index in [1.54, 1.807) is 7.11 Å². The maximum Gasteiger partial charge on any atom is 0.186 e. The highest BCUT2D eigenvalue weighted by Gasteiger charge is 2.32. The van der Waals surface area contributed by atoms with Gasteiger partial charge >= 0.3 is 0 Å². The largest absolute Gasteiger partial charge is 0.497 e. The number of H-pyrrole nitrogens is 1. The van der Waals surface area contributed by atoms with E-state index in [0.717, 1.165) is 59.6 Å². The number of para-hydroxylation sites is 1. The number of anilines is 1. The number of aromatic amines is 1. The number of hydrogen-bond acceptors (Lipinski definition) is 4. The first-order valence-electron chi connectivity index (χ1n) is 11.0. The van der Waals surface area contributed by atoms with E-state index in [4.69, 9.17) is 4.74 Å². The molecule has 5 heteroatoms. The topological polar surface area (TPSA) is 48.6 Å². The van der Waals surface area contributed by atoms with Crippen LogP contribution < -0.4 is 9.64 Å². The number of ether oxygens (including phenoxy) is 1. The lowest BCUT2D eigenvalue weighted by molar-refractivity contribution is 0.0808. The van der Waals surface area contributed by atoms with Gasteiger partial charge in [0.2, 0.25) is 0 Å². The van der Waals surface area contributed by atoms with Crippen molar-refractivity contribution in [1.29, 1.82) is 0 Å². The molecular formula is C27H27N3O2. The number of fused-ring (bicyclic) bond motifs is 1. The van der Waals surface area contributed by atoms with Crippen LogP contribution in [0.2, 0.25) is 0 Å². The number of rotatable bonds is 6. The minimum absolute atomic E-state index is 0.142. The maximum atomic E-state index is 13.9. The molecule has 1 aliphatic rings. The number of carbonyl (C=O) groups is 1. The first kappa shape index (κ1) is 20.3. The number of methoxy groups -OCH3 is 1. The Morgan fingerprint density at radius 3 is 2.44 bits per heavy atom. The molecule has 1 saturated heterocycles. The zero-order valence-electron chi connectivity index (χ0n) is 18.2. The summed E-state index contributed by atoms with van der Waals surface area (Å²) in [5, 5.41) is 0.980. The molecule has 32 heavy (non-hydrogen) atoms. The Kier molecular flexibility index (Phi) is 5.65. The summed E-state index contributed by atoms with van der Waals surface area (Å²) in [5.74, 6) is 1.00. The highest BCUT2D eigenvalue weighted by Crippen LogP contribution is 2.31. The second kappa shape index (κ2) is 8.89. The van der Waals surface area contributed by atoms with Crippen molar-refractivity contribution in [2.75, 3.05) is 38.2 Å². The van der Waals surface area contributed by atoms with Crippen molar-refractivity contribution in [3.05, 3.63) is 96.2 Å². The van der Waals surface area contributed by atoms with Gasteiger partial charge in [-0.05, 0) is 23.8 Å². The predicted octanol–water partition coefficient (Wildman–Crippen LogP) is 4.92. The van der Waals surface area contributed by atoms with Crippen LogP contribution in [-0.2, 0) is 0 Å². The molecule has 1 fully saturated rings. The summed E-state index contributed by atoms with van der Waals surface area (Å²) in [6, 6.07) is 26.0. The van der Waals surface area contributed by atoms with Crippen LogP contribution in [0.4, 0.5) is 5.69 Å². The molecule has 0 radical (unpaired) electrons. The number of carbonyl (C=O) groups excluding carboxylic acids is 1. The SMILES string of the molecule is COc1cccc(N2CCN(C(C(=O)c3c[nH]c4ccccc34)c3ccccc3)CC2)c1. The average Bonchev–Trinajstić information content (AvgIpc) is 3.30. The second-order valence-electron chi connectivity index (χ2n) is 8.15. The van der Waals surface area contributed by atoms with Crippen LogP contribution in [0, 0.1) is 0 Å². The monoisotopic (exact) mass is 425 g/mol. The molecule has 4 aromatic rings. The van der Waals surface area contributed by atoms with E-state index >= 15 is 0 Å². The van der Waals surface area contributed by atoms with Crippen LogP contribution in [0.5, 0.6) is 5.75 Å². The van der Waals surface area contributed by atoms with Gasteiger partial charge in [-0.1, -0.05) is 54.6 Å². The molecule has 1 aliphatic heterocycles. The van der Waals surface area contributed by atoms with Crippen molar-refractivity contribution in [3.8, 4) is 5.75 Å². The highest BCUT2D eigenvalue weighted by molar-refractivity contribution is 6.10. The number of piperazine rings is 1. The maximum absolute atomic E-state index is 13.9. The van der Waals surface area contributed by atoms with Crippen molar-refractivity contribution in [1.82, 2.24) is 9.88 Å². The molecule has 162 valence electrons. The number of nitrogens with one attached hydrogen (secondary N) is 1. The first-order chi connectivity index (χ1) is 15.7. The Morgan fingerprint density at radius 1 is 0.906 bits per heavy atom.